The maximum absolute atomic E-state index is 12.5. The zero-order valence-corrected chi connectivity index (χ0v) is 18.0. The summed E-state index contributed by atoms with van der Waals surface area (Å²) in [6.07, 6.45) is 1.60. The molecule has 1 aliphatic carbocycles. The average Bonchev–Trinajstić information content (AvgIpc) is 3.50. The number of rotatable bonds is 8. The number of halogens is 1. The molecule has 2 aromatic carbocycles. The normalized spacial score (nSPS) is 13.6. The summed E-state index contributed by atoms with van der Waals surface area (Å²) in [5, 5.41) is 2.96. The molecule has 0 unspecified atom stereocenters. The van der Waals surface area contributed by atoms with Crippen LogP contribution in [0.2, 0.25) is 5.02 Å². The molecule has 3 rings (SSSR count). The van der Waals surface area contributed by atoms with Crippen molar-refractivity contribution in [1.29, 1.82) is 0 Å². The fourth-order valence-electron chi connectivity index (χ4n) is 2.65. The van der Waals surface area contributed by atoms with Gasteiger partial charge in [0.05, 0.1) is 23.3 Å². The Hall–Kier alpha value is -2.62. The molecule has 10 heteroatoms. The number of benzene rings is 2. The summed E-state index contributed by atoms with van der Waals surface area (Å²) >= 11 is 5.92. The molecular formula is C20H21ClN2O6S. The van der Waals surface area contributed by atoms with E-state index in [4.69, 9.17) is 21.1 Å². The molecule has 2 aromatic rings. The molecule has 8 nitrogen and oxygen atoms in total. The molecule has 0 aliphatic heterocycles. The fraction of sp³-hybridized carbons (Fsp3) is 0.300. The zero-order valence-electron chi connectivity index (χ0n) is 16.4. The van der Waals surface area contributed by atoms with Gasteiger partial charge >= 0.3 is 5.97 Å². The first-order valence-corrected chi connectivity index (χ1v) is 11.0. The first-order chi connectivity index (χ1) is 14.2. The number of nitrogens with one attached hydrogen (secondary N) is 2. The summed E-state index contributed by atoms with van der Waals surface area (Å²) in [5.74, 6) is -0.999. The number of hydrogen-bond acceptors (Lipinski definition) is 6. The number of hydrogen-bond donors (Lipinski definition) is 2. The lowest BCUT2D eigenvalue weighted by Gasteiger charge is -2.12. The van der Waals surface area contributed by atoms with Gasteiger partial charge in [-0.2, -0.15) is 0 Å². The van der Waals surface area contributed by atoms with Crippen LogP contribution in [0, 0.1) is 6.92 Å². The minimum atomic E-state index is -3.72. The third-order valence-electron chi connectivity index (χ3n) is 4.41. The van der Waals surface area contributed by atoms with Crippen molar-refractivity contribution in [3.63, 3.8) is 0 Å². The Bertz CT molecular complexity index is 1080. The molecule has 0 atom stereocenters. The van der Waals surface area contributed by atoms with Gasteiger partial charge < -0.3 is 14.8 Å². The van der Waals surface area contributed by atoms with Gasteiger partial charge in [0.15, 0.2) is 6.61 Å². The molecular weight excluding hydrogens is 432 g/mol. The number of ether oxygens (including phenoxy) is 2. The SMILES string of the molecule is COc1ccc(Cl)cc1NC(=O)COC(=O)c1cc(S(=O)(=O)NC2CC2)ccc1C. The molecule has 0 spiro atoms. The van der Waals surface area contributed by atoms with Gasteiger partial charge in [-0.3, -0.25) is 4.79 Å². The largest absolute Gasteiger partial charge is 0.495 e. The van der Waals surface area contributed by atoms with Crippen LogP contribution < -0.4 is 14.8 Å². The van der Waals surface area contributed by atoms with Crippen molar-refractivity contribution in [2.45, 2.75) is 30.7 Å². The summed E-state index contributed by atoms with van der Waals surface area (Å²) < 4.78 is 37.5. The Morgan fingerprint density at radius 2 is 1.90 bits per heavy atom. The van der Waals surface area contributed by atoms with Crippen molar-refractivity contribution >= 4 is 39.2 Å². The van der Waals surface area contributed by atoms with Gasteiger partial charge in [-0.1, -0.05) is 17.7 Å². The van der Waals surface area contributed by atoms with Crippen LogP contribution in [-0.4, -0.2) is 40.1 Å². The van der Waals surface area contributed by atoms with Crippen molar-refractivity contribution in [2.24, 2.45) is 0 Å². The highest BCUT2D eigenvalue weighted by atomic mass is 35.5. The van der Waals surface area contributed by atoms with Crippen LogP contribution in [0.3, 0.4) is 0 Å². The third kappa shape index (κ3) is 5.50. The van der Waals surface area contributed by atoms with Crippen LogP contribution in [0.1, 0.15) is 28.8 Å². The maximum atomic E-state index is 12.5. The van der Waals surface area contributed by atoms with Crippen LogP contribution in [0.25, 0.3) is 0 Å². The lowest BCUT2D eigenvalue weighted by atomic mass is 10.1. The second-order valence-electron chi connectivity index (χ2n) is 6.84. The average molecular weight is 453 g/mol. The summed E-state index contributed by atoms with van der Waals surface area (Å²) in [6.45, 7) is 1.09. The van der Waals surface area contributed by atoms with Gasteiger partial charge in [-0.25, -0.2) is 17.9 Å². The minimum Gasteiger partial charge on any atom is -0.495 e. The molecule has 0 heterocycles. The lowest BCUT2D eigenvalue weighted by Crippen LogP contribution is -2.26. The second-order valence-corrected chi connectivity index (χ2v) is 8.99. The van der Waals surface area contributed by atoms with Crippen molar-refractivity contribution in [1.82, 2.24) is 4.72 Å². The Kier molecular flexibility index (Phi) is 6.64. The molecule has 0 bridgehead atoms. The number of amides is 1. The maximum Gasteiger partial charge on any atom is 0.338 e. The molecule has 0 radical (unpaired) electrons. The first-order valence-electron chi connectivity index (χ1n) is 9.13. The molecule has 1 aliphatic rings. The quantitative estimate of drug-likeness (QED) is 0.596. The molecule has 30 heavy (non-hydrogen) atoms. The van der Waals surface area contributed by atoms with E-state index < -0.39 is 28.5 Å². The molecule has 1 saturated carbocycles. The van der Waals surface area contributed by atoms with E-state index in [2.05, 4.69) is 10.0 Å². The summed E-state index contributed by atoms with van der Waals surface area (Å²) in [4.78, 5) is 24.6. The van der Waals surface area contributed by atoms with E-state index in [0.717, 1.165) is 12.8 Å². The predicted octanol–water partition coefficient (Wildman–Crippen LogP) is 2.89. The standard InChI is InChI=1S/C20H21ClN2O6S/c1-12-3-7-15(30(26,27)23-14-5-6-14)10-16(12)20(25)29-11-19(24)22-17-9-13(21)4-8-18(17)28-2/h3-4,7-10,14,23H,5-6,11H2,1-2H3,(H,22,24). The van der Waals surface area contributed by atoms with Crippen molar-refractivity contribution in [2.75, 3.05) is 19.0 Å². The third-order valence-corrected chi connectivity index (χ3v) is 6.16. The molecule has 0 saturated heterocycles. The van der Waals surface area contributed by atoms with Gasteiger partial charge in [0.2, 0.25) is 10.0 Å². The summed E-state index contributed by atoms with van der Waals surface area (Å²) in [5.41, 5.74) is 0.936. The van der Waals surface area contributed by atoms with Crippen molar-refractivity contribution in [3.05, 3.63) is 52.5 Å². The van der Waals surface area contributed by atoms with E-state index >= 15 is 0 Å². The molecule has 160 valence electrons. The zero-order chi connectivity index (χ0) is 21.9. The van der Waals surface area contributed by atoms with Crippen LogP contribution in [0.5, 0.6) is 5.75 Å². The molecule has 1 amide bonds. The number of methoxy groups -OCH3 is 1. The highest BCUT2D eigenvalue weighted by molar-refractivity contribution is 7.89. The van der Waals surface area contributed by atoms with E-state index in [1.807, 2.05) is 0 Å². The Morgan fingerprint density at radius 1 is 1.17 bits per heavy atom. The highest BCUT2D eigenvalue weighted by Crippen LogP contribution is 2.27. The minimum absolute atomic E-state index is 0.0277. The smallest absolute Gasteiger partial charge is 0.338 e. The van der Waals surface area contributed by atoms with E-state index in [9.17, 15) is 18.0 Å². The van der Waals surface area contributed by atoms with Gasteiger partial charge in [0.1, 0.15) is 5.75 Å². The fourth-order valence-corrected chi connectivity index (χ4v) is 4.15. The van der Waals surface area contributed by atoms with Crippen LogP contribution in [0.15, 0.2) is 41.3 Å². The number of aryl methyl sites for hydroxylation is 1. The first kappa shape index (κ1) is 22.1. The van der Waals surface area contributed by atoms with Gasteiger partial charge in [-0.05, 0) is 55.7 Å². The van der Waals surface area contributed by atoms with E-state index in [-0.39, 0.29) is 16.5 Å². The molecule has 2 N–H and O–H groups in total. The van der Waals surface area contributed by atoms with E-state index in [0.29, 0.717) is 22.0 Å². The summed E-state index contributed by atoms with van der Waals surface area (Å²) in [7, 11) is -2.27. The van der Waals surface area contributed by atoms with E-state index in [1.54, 1.807) is 19.1 Å². The monoisotopic (exact) mass is 452 g/mol. The Labute approximate surface area is 179 Å². The van der Waals surface area contributed by atoms with Crippen LogP contribution >= 0.6 is 11.6 Å². The number of esters is 1. The Balaban J connectivity index is 1.66. The predicted molar refractivity (Wildman–Crippen MR) is 111 cm³/mol. The molecule has 1 fully saturated rings. The lowest BCUT2D eigenvalue weighted by molar-refractivity contribution is -0.119. The number of anilines is 1. The van der Waals surface area contributed by atoms with Crippen LogP contribution in [-0.2, 0) is 19.6 Å². The van der Waals surface area contributed by atoms with E-state index in [1.165, 1.54) is 31.4 Å². The number of carbonyl (C=O) groups is 2. The summed E-state index contributed by atoms with van der Waals surface area (Å²) in [6, 6.07) is 8.85. The Morgan fingerprint density at radius 3 is 2.57 bits per heavy atom. The molecule has 0 aromatic heterocycles. The van der Waals surface area contributed by atoms with Gasteiger partial charge in [-0.15, -0.1) is 0 Å². The topological polar surface area (TPSA) is 111 Å². The van der Waals surface area contributed by atoms with Gasteiger partial charge in [0, 0.05) is 11.1 Å². The number of carbonyl (C=O) groups excluding carboxylic acids is 2. The van der Waals surface area contributed by atoms with Crippen molar-refractivity contribution in [3.8, 4) is 5.75 Å². The van der Waals surface area contributed by atoms with Crippen molar-refractivity contribution < 1.29 is 27.5 Å². The number of sulfonamides is 1. The van der Waals surface area contributed by atoms with Gasteiger partial charge in [0.25, 0.3) is 5.91 Å². The highest BCUT2D eigenvalue weighted by Gasteiger charge is 2.28. The van der Waals surface area contributed by atoms with Crippen LogP contribution in [0.4, 0.5) is 5.69 Å². The second kappa shape index (κ2) is 9.03.